The predicted molar refractivity (Wildman–Crippen MR) is 128 cm³/mol. The van der Waals surface area contributed by atoms with E-state index in [1.807, 2.05) is 42.5 Å². The summed E-state index contributed by atoms with van der Waals surface area (Å²) in [6.07, 6.45) is 1.75. The molecule has 2 aromatic heterocycles. The van der Waals surface area contributed by atoms with Crippen molar-refractivity contribution in [3.8, 4) is 5.75 Å². The first kappa shape index (κ1) is 21.3. The lowest BCUT2D eigenvalue weighted by atomic mass is 10.1. The molecule has 0 radical (unpaired) electrons. The van der Waals surface area contributed by atoms with Gasteiger partial charge in [0.25, 0.3) is 0 Å². The zero-order valence-corrected chi connectivity index (χ0v) is 19.3. The largest absolute Gasteiger partial charge is 0.497 e. The molecule has 31 heavy (non-hydrogen) atoms. The van der Waals surface area contributed by atoms with Crippen LogP contribution in [0.4, 0.5) is 5.13 Å². The Kier molecular flexibility index (Phi) is 6.53. The van der Waals surface area contributed by atoms with Crippen LogP contribution in [-0.2, 0) is 11.3 Å². The Balaban J connectivity index is 1.60. The number of nitrogens with zero attached hydrogens (tertiary/aromatic N) is 3. The van der Waals surface area contributed by atoms with Gasteiger partial charge in [-0.3, -0.25) is 14.7 Å². The van der Waals surface area contributed by atoms with E-state index in [1.165, 1.54) is 22.9 Å². The van der Waals surface area contributed by atoms with E-state index in [0.717, 1.165) is 26.6 Å². The molecular formula is C24H23N3O2S2. The summed E-state index contributed by atoms with van der Waals surface area (Å²) in [6, 6.07) is 17.7. The summed E-state index contributed by atoms with van der Waals surface area (Å²) in [7, 11) is 1.64. The molecule has 0 aliphatic heterocycles. The molecule has 0 N–H and O–H groups in total. The minimum atomic E-state index is -0.0000905. The Morgan fingerprint density at radius 1 is 1.13 bits per heavy atom. The van der Waals surface area contributed by atoms with E-state index in [9.17, 15) is 4.79 Å². The molecule has 0 spiro atoms. The Labute approximate surface area is 190 Å². The molecule has 2 heterocycles. The van der Waals surface area contributed by atoms with Gasteiger partial charge in [0, 0.05) is 11.1 Å². The van der Waals surface area contributed by atoms with E-state index >= 15 is 0 Å². The van der Waals surface area contributed by atoms with Crippen molar-refractivity contribution < 1.29 is 9.53 Å². The average Bonchev–Trinajstić information content (AvgIpc) is 3.21. The van der Waals surface area contributed by atoms with Crippen LogP contribution in [0.5, 0.6) is 5.75 Å². The molecule has 4 rings (SSSR count). The smallest absolute Gasteiger partial charge is 0.239 e. The number of carbonyl (C=O) groups is 1. The second kappa shape index (κ2) is 9.49. The van der Waals surface area contributed by atoms with Gasteiger partial charge in [0.15, 0.2) is 5.13 Å². The molecule has 4 aromatic rings. The standard InChI is InChI=1S/C24H23N3O2S2/c1-16-12-17(2)23-21(13-16)26-24(31-23)27(14-18-6-4-5-11-25-18)22(28)15-30-20-9-7-19(29-3)8-10-20/h4-13H,14-15H2,1-3H3. The second-order valence-corrected chi connectivity index (χ2v) is 9.22. The summed E-state index contributed by atoms with van der Waals surface area (Å²) < 4.78 is 6.32. The number of thiazole rings is 1. The summed E-state index contributed by atoms with van der Waals surface area (Å²) >= 11 is 3.06. The lowest BCUT2D eigenvalue weighted by Crippen LogP contribution is -2.32. The maximum atomic E-state index is 13.3. The molecule has 0 bridgehead atoms. The number of rotatable bonds is 7. The Hall–Kier alpha value is -2.90. The maximum absolute atomic E-state index is 13.3. The van der Waals surface area contributed by atoms with Crippen molar-refractivity contribution in [2.45, 2.75) is 25.3 Å². The number of methoxy groups -OCH3 is 1. The fourth-order valence-electron chi connectivity index (χ4n) is 3.29. The van der Waals surface area contributed by atoms with E-state index in [0.29, 0.717) is 17.4 Å². The fourth-order valence-corrected chi connectivity index (χ4v) is 5.10. The number of amides is 1. The van der Waals surface area contributed by atoms with Crippen molar-refractivity contribution in [3.05, 3.63) is 77.6 Å². The third kappa shape index (κ3) is 5.06. The van der Waals surface area contributed by atoms with Gasteiger partial charge in [-0.15, -0.1) is 11.8 Å². The van der Waals surface area contributed by atoms with Gasteiger partial charge in [-0.2, -0.15) is 0 Å². The number of anilines is 1. The van der Waals surface area contributed by atoms with Crippen LogP contribution in [0.15, 0.2) is 65.7 Å². The molecule has 0 saturated heterocycles. The molecule has 2 aromatic carbocycles. The maximum Gasteiger partial charge on any atom is 0.239 e. The third-order valence-electron chi connectivity index (χ3n) is 4.81. The van der Waals surface area contributed by atoms with Gasteiger partial charge in [-0.25, -0.2) is 4.98 Å². The Morgan fingerprint density at radius 2 is 1.94 bits per heavy atom. The molecule has 0 saturated carbocycles. The third-order valence-corrected chi connectivity index (χ3v) is 7.04. The van der Waals surface area contributed by atoms with Gasteiger partial charge in [0.2, 0.25) is 5.91 Å². The second-order valence-electron chi connectivity index (χ2n) is 7.19. The number of ether oxygens (including phenoxy) is 1. The Morgan fingerprint density at radius 3 is 2.65 bits per heavy atom. The number of aromatic nitrogens is 2. The van der Waals surface area contributed by atoms with Crippen LogP contribution in [0.3, 0.4) is 0 Å². The van der Waals surface area contributed by atoms with Crippen LogP contribution in [0.1, 0.15) is 16.8 Å². The lowest BCUT2D eigenvalue weighted by Gasteiger charge is -2.19. The van der Waals surface area contributed by atoms with E-state index in [2.05, 4.69) is 31.0 Å². The Bertz CT molecular complexity index is 1190. The van der Waals surface area contributed by atoms with Gasteiger partial charge >= 0.3 is 0 Å². The van der Waals surface area contributed by atoms with Crippen LogP contribution < -0.4 is 9.64 Å². The number of benzene rings is 2. The topological polar surface area (TPSA) is 55.3 Å². The zero-order valence-electron chi connectivity index (χ0n) is 17.7. The van der Waals surface area contributed by atoms with Crippen molar-refractivity contribution in [2.24, 2.45) is 0 Å². The summed E-state index contributed by atoms with van der Waals surface area (Å²) in [4.78, 5) is 25.3. The highest BCUT2D eigenvalue weighted by Crippen LogP contribution is 2.33. The minimum absolute atomic E-state index is 0.0000905. The molecule has 0 unspecified atom stereocenters. The van der Waals surface area contributed by atoms with Crippen LogP contribution in [0.2, 0.25) is 0 Å². The number of pyridine rings is 1. The average molecular weight is 450 g/mol. The van der Waals surface area contributed by atoms with Crippen molar-refractivity contribution in [1.82, 2.24) is 9.97 Å². The zero-order chi connectivity index (χ0) is 21.8. The number of hydrogen-bond donors (Lipinski definition) is 0. The van der Waals surface area contributed by atoms with Crippen molar-refractivity contribution in [3.63, 3.8) is 0 Å². The molecule has 0 aliphatic carbocycles. The van der Waals surface area contributed by atoms with Gasteiger partial charge in [0.1, 0.15) is 5.75 Å². The molecule has 0 atom stereocenters. The summed E-state index contributed by atoms with van der Waals surface area (Å²) in [5.41, 5.74) is 4.10. The van der Waals surface area contributed by atoms with Gasteiger partial charge < -0.3 is 4.74 Å². The molecule has 5 nitrogen and oxygen atoms in total. The summed E-state index contributed by atoms with van der Waals surface area (Å²) in [6.45, 7) is 4.54. The highest BCUT2D eigenvalue weighted by atomic mass is 32.2. The minimum Gasteiger partial charge on any atom is -0.497 e. The van der Waals surface area contributed by atoms with Gasteiger partial charge in [-0.05, 0) is 67.4 Å². The monoisotopic (exact) mass is 449 g/mol. The van der Waals surface area contributed by atoms with Crippen LogP contribution in [0, 0.1) is 13.8 Å². The molecule has 158 valence electrons. The van der Waals surface area contributed by atoms with Crippen LogP contribution >= 0.6 is 23.1 Å². The quantitative estimate of drug-likeness (QED) is 0.342. The van der Waals surface area contributed by atoms with E-state index in [4.69, 9.17) is 9.72 Å². The van der Waals surface area contributed by atoms with Crippen LogP contribution in [-0.4, -0.2) is 28.7 Å². The van der Waals surface area contributed by atoms with Gasteiger partial charge in [-0.1, -0.05) is 23.5 Å². The molecular weight excluding hydrogens is 426 g/mol. The fraction of sp³-hybridized carbons (Fsp3) is 0.208. The van der Waals surface area contributed by atoms with Crippen molar-refractivity contribution in [2.75, 3.05) is 17.8 Å². The predicted octanol–water partition coefficient (Wildman–Crippen LogP) is 5.64. The first-order valence-corrected chi connectivity index (χ1v) is 11.7. The first-order valence-electron chi connectivity index (χ1n) is 9.88. The van der Waals surface area contributed by atoms with Gasteiger partial charge in [0.05, 0.1) is 35.3 Å². The van der Waals surface area contributed by atoms with E-state index < -0.39 is 0 Å². The van der Waals surface area contributed by atoms with E-state index in [1.54, 1.807) is 29.5 Å². The number of aryl methyl sites for hydroxylation is 2. The van der Waals surface area contributed by atoms with Crippen molar-refractivity contribution in [1.29, 1.82) is 0 Å². The number of hydrogen-bond acceptors (Lipinski definition) is 6. The highest BCUT2D eigenvalue weighted by Gasteiger charge is 2.21. The summed E-state index contributed by atoms with van der Waals surface area (Å²) in [5.74, 6) is 1.11. The normalized spacial score (nSPS) is 10.9. The lowest BCUT2D eigenvalue weighted by molar-refractivity contribution is -0.116. The molecule has 7 heteroatoms. The first-order chi connectivity index (χ1) is 15.0. The highest BCUT2D eigenvalue weighted by molar-refractivity contribution is 8.00. The molecule has 0 fully saturated rings. The molecule has 0 aliphatic rings. The number of thioether (sulfide) groups is 1. The SMILES string of the molecule is COc1ccc(SCC(=O)N(Cc2ccccn2)c2nc3cc(C)cc(C)c3s2)cc1. The summed E-state index contributed by atoms with van der Waals surface area (Å²) in [5, 5.41) is 0.703. The van der Waals surface area contributed by atoms with Crippen molar-refractivity contribution >= 4 is 44.4 Å². The molecule has 1 amide bonds. The number of carbonyl (C=O) groups excluding carboxylic acids is 1. The van der Waals surface area contributed by atoms with Crippen LogP contribution in [0.25, 0.3) is 10.2 Å². The van der Waals surface area contributed by atoms with E-state index in [-0.39, 0.29) is 5.91 Å². The number of fused-ring (bicyclic) bond motifs is 1.